The van der Waals surface area contributed by atoms with Crippen molar-refractivity contribution >= 4 is 5.91 Å². The maximum Gasteiger partial charge on any atom is 0.253 e. The second-order valence-corrected chi connectivity index (χ2v) is 4.17. The van der Waals surface area contributed by atoms with Crippen LogP contribution in [0.3, 0.4) is 0 Å². The van der Waals surface area contributed by atoms with Crippen LogP contribution in [0.4, 0.5) is 0 Å². The molecule has 0 fully saturated rings. The van der Waals surface area contributed by atoms with Gasteiger partial charge >= 0.3 is 0 Å². The van der Waals surface area contributed by atoms with E-state index in [0.29, 0.717) is 19.4 Å². The monoisotopic (exact) mass is 251 g/mol. The van der Waals surface area contributed by atoms with E-state index >= 15 is 0 Å². The van der Waals surface area contributed by atoms with E-state index in [1.54, 1.807) is 0 Å². The van der Waals surface area contributed by atoms with Crippen molar-refractivity contribution in [2.75, 3.05) is 13.7 Å². The van der Waals surface area contributed by atoms with E-state index in [1.165, 1.54) is 7.11 Å². The number of amides is 1. The van der Waals surface area contributed by atoms with Crippen LogP contribution >= 0.6 is 0 Å². The summed E-state index contributed by atoms with van der Waals surface area (Å²) in [6.07, 6.45) is 0.309. The Balaban J connectivity index is 2.48. The third kappa shape index (κ3) is 4.47. The minimum absolute atomic E-state index is 0.174. The Bertz CT molecular complexity index is 353. The number of hydrogen-bond acceptors (Lipinski definition) is 3. The molecule has 2 N–H and O–H groups in total. The molecule has 1 amide bonds. The maximum absolute atomic E-state index is 11.9. The topological polar surface area (TPSA) is 58.6 Å². The molecule has 1 aromatic rings. The Labute approximate surface area is 108 Å². The predicted molar refractivity (Wildman–Crippen MR) is 70.1 cm³/mol. The summed E-state index contributed by atoms with van der Waals surface area (Å²) in [5.41, 5.74) is 0.827. The molecule has 2 atom stereocenters. The SMILES string of the molecule is CCC(O)CCNC(=O)C(OC)c1ccccc1. The second-order valence-electron chi connectivity index (χ2n) is 4.17. The fourth-order valence-corrected chi connectivity index (χ4v) is 1.68. The van der Waals surface area contributed by atoms with Crippen molar-refractivity contribution in [1.82, 2.24) is 5.32 Å². The van der Waals surface area contributed by atoms with Crippen LogP contribution in [0.25, 0.3) is 0 Å². The maximum atomic E-state index is 11.9. The van der Waals surface area contributed by atoms with Gasteiger partial charge in [0.2, 0.25) is 0 Å². The Morgan fingerprint density at radius 2 is 2.06 bits per heavy atom. The van der Waals surface area contributed by atoms with Gasteiger partial charge in [0.25, 0.3) is 5.91 Å². The lowest BCUT2D eigenvalue weighted by Crippen LogP contribution is -2.32. The molecule has 4 heteroatoms. The summed E-state index contributed by atoms with van der Waals surface area (Å²) in [4.78, 5) is 11.9. The number of aliphatic hydroxyl groups excluding tert-OH is 1. The molecule has 0 bridgehead atoms. The quantitative estimate of drug-likeness (QED) is 0.774. The summed E-state index contributed by atoms with van der Waals surface area (Å²) in [6, 6.07) is 9.35. The van der Waals surface area contributed by atoms with Crippen molar-refractivity contribution in [3.05, 3.63) is 35.9 Å². The molecule has 0 heterocycles. The normalized spacial score (nSPS) is 13.9. The van der Waals surface area contributed by atoms with E-state index in [2.05, 4.69) is 5.32 Å². The minimum atomic E-state index is -0.593. The Hall–Kier alpha value is -1.39. The lowest BCUT2D eigenvalue weighted by Gasteiger charge is -2.16. The molecule has 0 aliphatic rings. The fourth-order valence-electron chi connectivity index (χ4n) is 1.68. The van der Waals surface area contributed by atoms with Gasteiger partial charge in [-0.3, -0.25) is 4.79 Å². The zero-order valence-corrected chi connectivity index (χ0v) is 10.9. The van der Waals surface area contributed by atoms with Gasteiger partial charge in [-0.1, -0.05) is 37.3 Å². The van der Waals surface area contributed by atoms with Crippen molar-refractivity contribution in [1.29, 1.82) is 0 Å². The smallest absolute Gasteiger partial charge is 0.253 e. The molecule has 100 valence electrons. The lowest BCUT2D eigenvalue weighted by molar-refractivity contribution is -0.131. The van der Waals surface area contributed by atoms with Gasteiger partial charge in [0.05, 0.1) is 6.10 Å². The van der Waals surface area contributed by atoms with Crippen molar-refractivity contribution in [2.24, 2.45) is 0 Å². The number of aliphatic hydroxyl groups is 1. The summed E-state index contributed by atoms with van der Waals surface area (Å²) in [5.74, 6) is -0.174. The van der Waals surface area contributed by atoms with E-state index < -0.39 is 6.10 Å². The lowest BCUT2D eigenvalue weighted by atomic mass is 10.1. The number of carbonyl (C=O) groups excluding carboxylic acids is 1. The van der Waals surface area contributed by atoms with Gasteiger partial charge < -0.3 is 15.2 Å². The summed E-state index contributed by atoms with van der Waals surface area (Å²) in [5, 5.41) is 12.2. The van der Waals surface area contributed by atoms with Crippen LogP contribution in [0.15, 0.2) is 30.3 Å². The second kappa shape index (κ2) is 7.84. The Kier molecular flexibility index (Phi) is 6.39. The van der Waals surface area contributed by atoms with Gasteiger partial charge in [0, 0.05) is 13.7 Å². The summed E-state index contributed by atoms with van der Waals surface area (Å²) in [7, 11) is 1.51. The molecule has 0 saturated carbocycles. The number of methoxy groups -OCH3 is 1. The number of ether oxygens (including phenoxy) is 1. The number of hydrogen-bond donors (Lipinski definition) is 2. The van der Waals surface area contributed by atoms with Crippen LogP contribution in [0.5, 0.6) is 0 Å². The van der Waals surface area contributed by atoms with Crippen molar-refractivity contribution in [2.45, 2.75) is 32.0 Å². The summed E-state index contributed by atoms with van der Waals surface area (Å²) >= 11 is 0. The minimum Gasteiger partial charge on any atom is -0.393 e. The van der Waals surface area contributed by atoms with E-state index in [-0.39, 0.29) is 12.0 Å². The molecule has 0 aromatic heterocycles. The number of carbonyl (C=O) groups is 1. The molecule has 2 unspecified atom stereocenters. The van der Waals surface area contributed by atoms with Crippen LogP contribution in [0, 0.1) is 0 Å². The molecular formula is C14H21NO3. The third-order valence-corrected chi connectivity index (χ3v) is 2.82. The summed E-state index contributed by atoms with van der Waals surface area (Å²) in [6.45, 7) is 2.37. The van der Waals surface area contributed by atoms with Crippen molar-refractivity contribution in [3.63, 3.8) is 0 Å². The highest BCUT2D eigenvalue weighted by Crippen LogP contribution is 2.16. The fraction of sp³-hybridized carbons (Fsp3) is 0.500. The van der Waals surface area contributed by atoms with Crippen molar-refractivity contribution in [3.8, 4) is 0 Å². The van der Waals surface area contributed by atoms with E-state index in [1.807, 2.05) is 37.3 Å². The molecule has 1 aromatic carbocycles. The number of benzene rings is 1. The molecule has 0 aliphatic carbocycles. The first-order valence-corrected chi connectivity index (χ1v) is 6.22. The zero-order valence-electron chi connectivity index (χ0n) is 10.9. The largest absolute Gasteiger partial charge is 0.393 e. The van der Waals surface area contributed by atoms with E-state index in [4.69, 9.17) is 4.74 Å². The molecule has 0 aliphatic heterocycles. The molecule has 18 heavy (non-hydrogen) atoms. The standard InChI is InChI=1S/C14H21NO3/c1-3-12(16)9-10-15-14(17)13(18-2)11-7-5-4-6-8-11/h4-8,12-13,16H,3,9-10H2,1-2H3,(H,15,17). The van der Waals surface area contributed by atoms with Crippen LogP contribution in [-0.2, 0) is 9.53 Å². The van der Waals surface area contributed by atoms with Crippen molar-refractivity contribution < 1.29 is 14.6 Å². The van der Waals surface area contributed by atoms with Gasteiger partial charge in [-0.25, -0.2) is 0 Å². The van der Waals surface area contributed by atoms with Gasteiger partial charge in [0.15, 0.2) is 6.10 Å². The van der Waals surface area contributed by atoms with Gasteiger partial charge in [-0.05, 0) is 18.4 Å². The first kappa shape index (κ1) is 14.7. The molecule has 0 saturated heterocycles. The van der Waals surface area contributed by atoms with E-state index in [0.717, 1.165) is 5.56 Å². The third-order valence-electron chi connectivity index (χ3n) is 2.82. The number of rotatable bonds is 7. The molecule has 4 nitrogen and oxygen atoms in total. The van der Waals surface area contributed by atoms with Gasteiger partial charge in [-0.2, -0.15) is 0 Å². The Morgan fingerprint density at radius 1 is 1.39 bits per heavy atom. The Morgan fingerprint density at radius 3 is 2.61 bits per heavy atom. The summed E-state index contributed by atoms with van der Waals surface area (Å²) < 4.78 is 5.21. The van der Waals surface area contributed by atoms with Crippen LogP contribution in [-0.4, -0.2) is 30.8 Å². The first-order chi connectivity index (χ1) is 8.69. The highest BCUT2D eigenvalue weighted by molar-refractivity contribution is 5.82. The number of nitrogens with one attached hydrogen (secondary N) is 1. The first-order valence-electron chi connectivity index (χ1n) is 6.22. The van der Waals surface area contributed by atoms with Crippen LogP contribution in [0.1, 0.15) is 31.4 Å². The molecular weight excluding hydrogens is 230 g/mol. The molecule has 0 spiro atoms. The average Bonchev–Trinajstić information content (AvgIpc) is 2.40. The van der Waals surface area contributed by atoms with Crippen LogP contribution < -0.4 is 5.32 Å². The average molecular weight is 251 g/mol. The van der Waals surface area contributed by atoms with Crippen LogP contribution in [0.2, 0.25) is 0 Å². The highest BCUT2D eigenvalue weighted by atomic mass is 16.5. The van der Waals surface area contributed by atoms with Gasteiger partial charge in [-0.15, -0.1) is 0 Å². The predicted octanol–water partition coefficient (Wildman–Crippen LogP) is 1.65. The zero-order chi connectivity index (χ0) is 13.4. The molecule has 0 radical (unpaired) electrons. The van der Waals surface area contributed by atoms with E-state index in [9.17, 15) is 9.90 Å². The highest BCUT2D eigenvalue weighted by Gasteiger charge is 2.19. The molecule has 1 rings (SSSR count). The van der Waals surface area contributed by atoms with Gasteiger partial charge in [0.1, 0.15) is 0 Å².